The van der Waals surface area contributed by atoms with Crippen molar-refractivity contribution in [3.8, 4) is 11.5 Å². The molecular weight excluding hydrogens is 456 g/mol. The van der Waals surface area contributed by atoms with E-state index >= 15 is 0 Å². The third-order valence-electron chi connectivity index (χ3n) is 10.3. The summed E-state index contributed by atoms with van der Waals surface area (Å²) >= 11 is 0. The molecule has 3 aliphatic carbocycles. The quantitative estimate of drug-likeness (QED) is 0.629. The zero-order chi connectivity index (χ0) is 24.8. The van der Waals surface area contributed by atoms with Gasteiger partial charge in [0.1, 0.15) is 11.9 Å². The Bertz CT molecular complexity index is 1170. The predicted octanol–water partition coefficient (Wildman–Crippen LogP) is 2.71. The first-order chi connectivity index (χ1) is 17.3. The number of rotatable bonds is 4. The third kappa shape index (κ3) is 3.05. The fourth-order valence-corrected chi connectivity index (χ4v) is 8.24. The number of Topliss-reactive ketones (excluding diaryl/α,β-unsaturated/α-hetero) is 1. The molecule has 1 amide bonds. The third-order valence-corrected chi connectivity index (χ3v) is 10.3. The first kappa shape index (κ1) is 22.8. The number of aliphatic hydroxyl groups is 1. The minimum Gasteiger partial charge on any atom is -0.504 e. The van der Waals surface area contributed by atoms with Gasteiger partial charge in [-0.3, -0.25) is 14.5 Å². The van der Waals surface area contributed by atoms with Crippen LogP contribution in [0.15, 0.2) is 23.8 Å². The van der Waals surface area contributed by atoms with Gasteiger partial charge < -0.3 is 19.8 Å². The van der Waals surface area contributed by atoms with Crippen molar-refractivity contribution in [1.29, 1.82) is 0 Å². The summed E-state index contributed by atoms with van der Waals surface area (Å²) in [6.07, 6.45) is 8.21. The van der Waals surface area contributed by atoms with E-state index < -0.39 is 17.1 Å². The molecule has 2 N–H and O–H groups in total. The largest absolute Gasteiger partial charge is 0.504 e. The van der Waals surface area contributed by atoms with E-state index in [2.05, 4.69) is 4.90 Å². The number of phenols is 1. The first-order valence-corrected chi connectivity index (χ1v) is 13.8. The van der Waals surface area contributed by atoms with Gasteiger partial charge in [-0.1, -0.05) is 6.07 Å². The molecule has 1 aromatic rings. The van der Waals surface area contributed by atoms with Crippen LogP contribution in [-0.4, -0.2) is 75.6 Å². The van der Waals surface area contributed by atoms with Gasteiger partial charge in [-0.2, -0.15) is 0 Å². The fourth-order valence-electron chi connectivity index (χ4n) is 8.24. The van der Waals surface area contributed by atoms with Crippen LogP contribution in [0.4, 0.5) is 0 Å². The molecule has 2 bridgehead atoms. The number of benzene rings is 1. The van der Waals surface area contributed by atoms with E-state index in [9.17, 15) is 19.8 Å². The van der Waals surface area contributed by atoms with Crippen molar-refractivity contribution in [2.75, 3.05) is 26.2 Å². The molecule has 4 fully saturated rings. The van der Waals surface area contributed by atoms with E-state index in [1.807, 2.05) is 6.07 Å². The van der Waals surface area contributed by atoms with Crippen LogP contribution in [0.1, 0.15) is 63.0 Å². The number of piperidine rings is 2. The molecule has 6 aliphatic rings. The average Bonchev–Trinajstić information content (AvgIpc) is 3.61. The lowest BCUT2D eigenvalue weighted by Crippen LogP contribution is -2.75. The number of ketones is 1. The topological polar surface area (TPSA) is 90.3 Å². The maximum Gasteiger partial charge on any atom is 0.246 e. The lowest BCUT2D eigenvalue weighted by Gasteiger charge is -2.63. The number of nitrogens with zero attached hydrogens (tertiary/aromatic N) is 2. The molecule has 192 valence electrons. The molecule has 1 aromatic carbocycles. The van der Waals surface area contributed by atoms with Crippen LogP contribution in [0.2, 0.25) is 0 Å². The van der Waals surface area contributed by atoms with E-state index in [1.165, 1.54) is 12.8 Å². The van der Waals surface area contributed by atoms with Gasteiger partial charge in [-0.05, 0) is 88.0 Å². The standard InChI is InChI=1S/C29H36N2O5/c1-17(32)21-3-2-11-31(16-21)24(34)14-20-8-9-29(35)23-13-19-6-7-22(33)26-25(19)28(29,27(20)36-26)10-12-30(23)15-18-4-5-18/h6-7,14,18,21,23,27,33,35H,2-5,8-13,15-16H2,1H3/b20-14-/t21?,23-,27+,28+,29-/m1/s1. The van der Waals surface area contributed by atoms with Crippen molar-refractivity contribution in [3.05, 3.63) is 34.9 Å². The number of hydrogen-bond donors (Lipinski definition) is 2. The second-order valence-electron chi connectivity index (χ2n) is 12.2. The molecular formula is C29H36N2O5. The number of carbonyl (C=O) groups excluding carboxylic acids is 2. The summed E-state index contributed by atoms with van der Waals surface area (Å²) in [6.45, 7) is 4.69. The molecule has 3 aliphatic heterocycles. The average molecular weight is 493 g/mol. The summed E-state index contributed by atoms with van der Waals surface area (Å²) in [6, 6.07) is 3.75. The van der Waals surface area contributed by atoms with Gasteiger partial charge in [0.15, 0.2) is 11.5 Å². The second kappa shape index (κ2) is 7.81. The van der Waals surface area contributed by atoms with Gasteiger partial charge in [0.25, 0.3) is 0 Å². The van der Waals surface area contributed by atoms with Crippen molar-refractivity contribution in [3.63, 3.8) is 0 Å². The van der Waals surface area contributed by atoms with Crippen LogP contribution in [0, 0.1) is 11.8 Å². The number of amides is 1. The van der Waals surface area contributed by atoms with Gasteiger partial charge in [0, 0.05) is 43.2 Å². The van der Waals surface area contributed by atoms with Crippen molar-refractivity contribution >= 4 is 11.7 Å². The number of hydrogen-bond acceptors (Lipinski definition) is 6. The van der Waals surface area contributed by atoms with Crippen LogP contribution in [-0.2, 0) is 21.4 Å². The van der Waals surface area contributed by atoms with Crippen molar-refractivity contribution in [2.24, 2.45) is 11.8 Å². The lowest BCUT2D eigenvalue weighted by molar-refractivity contribution is -0.174. The Kier molecular flexibility index (Phi) is 4.94. The molecule has 5 atom stereocenters. The Balaban J connectivity index is 1.27. The maximum absolute atomic E-state index is 13.4. The van der Waals surface area contributed by atoms with Crippen molar-refractivity contribution in [1.82, 2.24) is 9.80 Å². The van der Waals surface area contributed by atoms with E-state index in [0.29, 0.717) is 31.7 Å². The minimum atomic E-state index is -0.956. The van der Waals surface area contributed by atoms with Crippen LogP contribution >= 0.6 is 0 Å². The number of ether oxygens (including phenoxy) is 1. The number of carbonyl (C=O) groups is 2. The van der Waals surface area contributed by atoms with Gasteiger partial charge in [0.05, 0.1) is 11.0 Å². The molecule has 7 rings (SSSR count). The Morgan fingerprint density at radius 1 is 1.19 bits per heavy atom. The molecule has 1 unspecified atom stereocenters. The highest BCUT2D eigenvalue weighted by atomic mass is 16.5. The summed E-state index contributed by atoms with van der Waals surface area (Å²) in [4.78, 5) is 29.7. The van der Waals surface area contributed by atoms with Crippen LogP contribution in [0.5, 0.6) is 11.5 Å². The van der Waals surface area contributed by atoms with Crippen molar-refractivity contribution < 1.29 is 24.5 Å². The van der Waals surface area contributed by atoms with E-state index in [0.717, 1.165) is 61.4 Å². The predicted molar refractivity (Wildman–Crippen MR) is 133 cm³/mol. The molecule has 7 nitrogen and oxygen atoms in total. The Morgan fingerprint density at radius 3 is 2.81 bits per heavy atom. The zero-order valence-corrected chi connectivity index (χ0v) is 21.0. The molecule has 7 heteroatoms. The highest BCUT2D eigenvalue weighted by Crippen LogP contribution is 2.66. The summed E-state index contributed by atoms with van der Waals surface area (Å²) in [5.41, 5.74) is 1.45. The summed E-state index contributed by atoms with van der Waals surface area (Å²) < 4.78 is 6.54. The number of likely N-dealkylation sites (tertiary alicyclic amines) is 2. The van der Waals surface area contributed by atoms with E-state index in [-0.39, 0.29) is 29.4 Å². The monoisotopic (exact) mass is 492 g/mol. The van der Waals surface area contributed by atoms with Gasteiger partial charge in [0.2, 0.25) is 5.91 Å². The molecule has 0 radical (unpaired) electrons. The van der Waals surface area contributed by atoms with Crippen LogP contribution in [0.3, 0.4) is 0 Å². The number of phenolic OH excluding ortho intramolecular Hbond substituents is 1. The summed E-state index contributed by atoms with van der Waals surface area (Å²) in [5, 5.41) is 23.3. The molecule has 36 heavy (non-hydrogen) atoms. The molecule has 2 saturated heterocycles. The Hall–Kier alpha value is -2.38. The molecule has 1 spiro atoms. The van der Waals surface area contributed by atoms with E-state index in [4.69, 9.17) is 4.74 Å². The molecule has 3 heterocycles. The maximum atomic E-state index is 13.4. The van der Waals surface area contributed by atoms with Gasteiger partial charge in [-0.15, -0.1) is 0 Å². The van der Waals surface area contributed by atoms with E-state index in [1.54, 1.807) is 24.0 Å². The highest BCUT2D eigenvalue weighted by molar-refractivity contribution is 5.89. The Labute approximate surface area is 212 Å². The summed E-state index contributed by atoms with van der Waals surface area (Å²) in [7, 11) is 0. The second-order valence-corrected chi connectivity index (χ2v) is 12.2. The smallest absolute Gasteiger partial charge is 0.246 e. The summed E-state index contributed by atoms with van der Waals surface area (Å²) in [5.74, 6) is 1.35. The van der Waals surface area contributed by atoms with Gasteiger partial charge >= 0.3 is 0 Å². The minimum absolute atomic E-state index is 0.0246. The van der Waals surface area contributed by atoms with Crippen molar-refractivity contribution in [2.45, 2.75) is 81.5 Å². The van der Waals surface area contributed by atoms with Crippen LogP contribution in [0.25, 0.3) is 0 Å². The fraction of sp³-hybridized carbons (Fsp3) is 0.655. The number of aromatic hydroxyl groups is 1. The van der Waals surface area contributed by atoms with Crippen LogP contribution < -0.4 is 4.74 Å². The SMILES string of the molecule is CC(=O)C1CCCN(C(=O)/C=C2/CC[C@@]3(O)[C@H]4Cc5ccc(O)c6c5[C@@]3(CCN4CC3CC3)[C@H]2O6)C1. The normalized spacial score (nSPS) is 38.0. The highest BCUT2D eigenvalue weighted by Gasteiger charge is 2.72. The lowest BCUT2D eigenvalue weighted by atomic mass is 9.48. The molecule has 2 saturated carbocycles. The Morgan fingerprint density at radius 2 is 2.03 bits per heavy atom. The zero-order valence-electron chi connectivity index (χ0n) is 21.0. The first-order valence-electron chi connectivity index (χ1n) is 13.8. The molecule has 0 aromatic heterocycles. The van der Waals surface area contributed by atoms with Gasteiger partial charge in [-0.25, -0.2) is 0 Å².